The molecular formula is C19H22F3N3O3. The minimum Gasteiger partial charge on any atom is -0.347 e. The number of anilines is 1. The van der Waals surface area contributed by atoms with Crippen LogP contribution in [0.3, 0.4) is 0 Å². The van der Waals surface area contributed by atoms with E-state index in [1.54, 1.807) is 38.4 Å². The summed E-state index contributed by atoms with van der Waals surface area (Å²) >= 11 is 0. The van der Waals surface area contributed by atoms with E-state index in [4.69, 9.17) is 0 Å². The molecule has 2 aliphatic rings. The first kappa shape index (κ1) is 20.2. The van der Waals surface area contributed by atoms with E-state index >= 15 is 0 Å². The van der Waals surface area contributed by atoms with Crippen molar-refractivity contribution in [3.63, 3.8) is 0 Å². The first-order chi connectivity index (χ1) is 13.0. The molecule has 0 aliphatic carbocycles. The van der Waals surface area contributed by atoms with Gasteiger partial charge in [-0.05, 0) is 18.1 Å². The van der Waals surface area contributed by atoms with E-state index in [9.17, 15) is 27.6 Å². The molecule has 1 atom stereocenters. The van der Waals surface area contributed by atoms with Crippen LogP contribution >= 0.6 is 0 Å². The number of likely N-dealkylation sites (tertiary alicyclic amines) is 1. The second-order valence-corrected chi connectivity index (χ2v) is 7.46. The van der Waals surface area contributed by atoms with Gasteiger partial charge >= 0.3 is 6.18 Å². The van der Waals surface area contributed by atoms with Crippen molar-refractivity contribution in [2.24, 2.45) is 0 Å². The van der Waals surface area contributed by atoms with E-state index in [-0.39, 0.29) is 31.4 Å². The van der Waals surface area contributed by atoms with Crippen LogP contribution in [-0.4, -0.2) is 67.4 Å². The standard InChI is InChI=1S/C19H22F3N3O3/c1-23(2)16(27)11-25-14-6-4-3-5-13(14)18(17(25)28)9-10-24(12-18)15(26)7-8-19(20,21)22/h3-6H,7-12H2,1-2H3. The van der Waals surface area contributed by atoms with Crippen LogP contribution in [-0.2, 0) is 19.8 Å². The molecule has 1 aromatic carbocycles. The van der Waals surface area contributed by atoms with Crippen LogP contribution in [0.1, 0.15) is 24.8 Å². The maximum atomic E-state index is 13.3. The van der Waals surface area contributed by atoms with Crippen molar-refractivity contribution >= 4 is 23.4 Å². The highest BCUT2D eigenvalue weighted by atomic mass is 19.4. The van der Waals surface area contributed by atoms with Gasteiger partial charge in [-0.2, -0.15) is 13.2 Å². The Kier molecular flexibility index (Phi) is 5.12. The normalized spacial score (nSPS) is 21.4. The molecule has 1 spiro atoms. The number of fused-ring (bicyclic) bond motifs is 2. The Balaban J connectivity index is 1.83. The van der Waals surface area contributed by atoms with Crippen LogP contribution in [0, 0.1) is 0 Å². The molecule has 28 heavy (non-hydrogen) atoms. The van der Waals surface area contributed by atoms with Crippen LogP contribution < -0.4 is 4.90 Å². The zero-order valence-electron chi connectivity index (χ0n) is 15.8. The van der Waals surface area contributed by atoms with Gasteiger partial charge in [-0.25, -0.2) is 0 Å². The smallest absolute Gasteiger partial charge is 0.347 e. The van der Waals surface area contributed by atoms with Crippen LogP contribution in [0.4, 0.5) is 18.9 Å². The van der Waals surface area contributed by atoms with E-state index in [0.29, 0.717) is 12.1 Å². The van der Waals surface area contributed by atoms with Gasteiger partial charge in [0, 0.05) is 39.3 Å². The lowest BCUT2D eigenvalue weighted by molar-refractivity contribution is -0.148. The molecule has 0 radical (unpaired) electrons. The largest absolute Gasteiger partial charge is 0.389 e. The van der Waals surface area contributed by atoms with Gasteiger partial charge in [-0.1, -0.05) is 18.2 Å². The number of benzene rings is 1. The third-order valence-corrected chi connectivity index (χ3v) is 5.40. The lowest BCUT2D eigenvalue weighted by Crippen LogP contribution is -2.46. The minimum atomic E-state index is -4.40. The number of hydrogen-bond acceptors (Lipinski definition) is 3. The maximum absolute atomic E-state index is 13.3. The number of alkyl halides is 3. The number of hydrogen-bond donors (Lipinski definition) is 0. The second kappa shape index (κ2) is 7.10. The summed E-state index contributed by atoms with van der Waals surface area (Å²) in [5, 5.41) is 0. The first-order valence-corrected chi connectivity index (χ1v) is 9.01. The summed E-state index contributed by atoms with van der Waals surface area (Å²) < 4.78 is 37.3. The Morgan fingerprint density at radius 3 is 2.54 bits per heavy atom. The molecule has 3 amide bonds. The van der Waals surface area contributed by atoms with Gasteiger partial charge < -0.3 is 14.7 Å². The molecule has 6 nitrogen and oxygen atoms in total. The van der Waals surface area contributed by atoms with E-state index in [1.165, 1.54) is 14.7 Å². The number of rotatable bonds is 4. The lowest BCUT2D eigenvalue weighted by Gasteiger charge is -2.25. The summed E-state index contributed by atoms with van der Waals surface area (Å²) in [6.07, 6.45) is -5.87. The molecule has 2 aliphatic heterocycles. The van der Waals surface area contributed by atoms with Gasteiger partial charge in [-0.3, -0.25) is 14.4 Å². The number of likely N-dealkylation sites (N-methyl/N-ethyl adjacent to an activating group) is 1. The molecule has 152 valence electrons. The lowest BCUT2D eigenvalue weighted by atomic mass is 9.81. The molecular weight excluding hydrogens is 375 g/mol. The summed E-state index contributed by atoms with van der Waals surface area (Å²) in [6, 6.07) is 7.08. The fourth-order valence-electron chi connectivity index (χ4n) is 3.85. The fourth-order valence-corrected chi connectivity index (χ4v) is 3.85. The fraction of sp³-hybridized carbons (Fsp3) is 0.526. The predicted molar refractivity (Wildman–Crippen MR) is 95.7 cm³/mol. The minimum absolute atomic E-state index is 0.0339. The Bertz CT molecular complexity index is 809. The van der Waals surface area contributed by atoms with E-state index < -0.39 is 30.3 Å². The summed E-state index contributed by atoms with van der Waals surface area (Å²) in [4.78, 5) is 41.8. The average molecular weight is 397 g/mol. The van der Waals surface area contributed by atoms with E-state index in [0.717, 1.165) is 5.56 Å². The molecule has 1 aromatic rings. The zero-order valence-corrected chi connectivity index (χ0v) is 15.8. The van der Waals surface area contributed by atoms with Crippen LogP contribution in [0.25, 0.3) is 0 Å². The van der Waals surface area contributed by atoms with Crippen molar-refractivity contribution in [3.05, 3.63) is 29.8 Å². The Labute approximate surface area is 160 Å². The zero-order chi connectivity index (χ0) is 20.7. The summed E-state index contributed by atoms with van der Waals surface area (Å²) in [5.74, 6) is -1.13. The Hall–Kier alpha value is -2.58. The highest BCUT2D eigenvalue weighted by Gasteiger charge is 2.55. The number of carbonyl (C=O) groups excluding carboxylic acids is 3. The van der Waals surface area contributed by atoms with E-state index in [1.807, 2.05) is 0 Å². The van der Waals surface area contributed by atoms with Gasteiger partial charge in [0.15, 0.2) is 0 Å². The number of nitrogens with zero attached hydrogens (tertiary/aromatic N) is 3. The maximum Gasteiger partial charge on any atom is 0.389 e. The number of amides is 3. The van der Waals surface area contributed by atoms with Crippen molar-refractivity contribution in [3.8, 4) is 0 Å². The van der Waals surface area contributed by atoms with Crippen molar-refractivity contribution in [2.75, 3.05) is 38.6 Å². The van der Waals surface area contributed by atoms with Gasteiger partial charge in [0.1, 0.15) is 6.54 Å². The average Bonchev–Trinajstić information content (AvgIpc) is 3.17. The topological polar surface area (TPSA) is 60.9 Å². The second-order valence-electron chi connectivity index (χ2n) is 7.46. The van der Waals surface area contributed by atoms with Crippen LogP contribution in [0.2, 0.25) is 0 Å². The molecule has 2 heterocycles. The molecule has 0 saturated carbocycles. The van der Waals surface area contributed by atoms with Crippen molar-refractivity contribution < 1.29 is 27.6 Å². The van der Waals surface area contributed by atoms with Crippen molar-refractivity contribution in [1.82, 2.24) is 9.80 Å². The molecule has 1 unspecified atom stereocenters. The summed E-state index contributed by atoms with van der Waals surface area (Å²) in [5.41, 5.74) is 0.335. The predicted octanol–water partition coefficient (Wildman–Crippen LogP) is 1.93. The number of para-hydroxylation sites is 1. The molecule has 0 N–H and O–H groups in total. The number of carbonyl (C=O) groups is 3. The van der Waals surface area contributed by atoms with Crippen molar-refractivity contribution in [1.29, 1.82) is 0 Å². The summed E-state index contributed by atoms with van der Waals surface area (Å²) in [6.45, 7) is 0.130. The highest BCUT2D eigenvalue weighted by Crippen LogP contribution is 2.47. The van der Waals surface area contributed by atoms with Crippen LogP contribution in [0.5, 0.6) is 0 Å². The molecule has 1 fully saturated rings. The van der Waals surface area contributed by atoms with Gasteiger partial charge in [-0.15, -0.1) is 0 Å². The monoisotopic (exact) mass is 397 g/mol. The quantitative estimate of drug-likeness (QED) is 0.780. The van der Waals surface area contributed by atoms with Crippen molar-refractivity contribution in [2.45, 2.75) is 30.9 Å². The first-order valence-electron chi connectivity index (χ1n) is 9.01. The molecule has 1 saturated heterocycles. The van der Waals surface area contributed by atoms with Gasteiger partial charge in [0.25, 0.3) is 0 Å². The highest BCUT2D eigenvalue weighted by molar-refractivity contribution is 6.11. The molecule has 0 aromatic heterocycles. The Morgan fingerprint density at radius 2 is 1.89 bits per heavy atom. The third kappa shape index (κ3) is 3.57. The number of halogens is 3. The molecule has 0 bridgehead atoms. The molecule has 9 heteroatoms. The third-order valence-electron chi connectivity index (χ3n) is 5.40. The Morgan fingerprint density at radius 1 is 1.21 bits per heavy atom. The van der Waals surface area contributed by atoms with Gasteiger partial charge in [0.2, 0.25) is 17.7 Å². The van der Waals surface area contributed by atoms with E-state index in [2.05, 4.69) is 0 Å². The summed E-state index contributed by atoms with van der Waals surface area (Å²) in [7, 11) is 3.20. The van der Waals surface area contributed by atoms with Crippen LogP contribution in [0.15, 0.2) is 24.3 Å². The molecule has 3 rings (SSSR count). The SMILES string of the molecule is CN(C)C(=O)CN1C(=O)C2(CCN(C(=O)CCC(F)(F)F)C2)c2ccccc21. The van der Waals surface area contributed by atoms with Gasteiger partial charge in [0.05, 0.1) is 11.8 Å².